The molecule has 2 atom stereocenters. The largest absolute Gasteiger partial charge is 0.481 e. The minimum Gasteiger partial charge on any atom is -0.481 e. The molecule has 1 N–H and O–H groups in total. The second-order valence-electron chi connectivity index (χ2n) is 5.16. The van der Waals surface area contributed by atoms with Gasteiger partial charge in [-0.3, -0.25) is 9.69 Å². The van der Waals surface area contributed by atoms with Crippen LogP contribution in [0.1, 0.15) is 24.5 Å². The van der Waals surface area contributed by atoms with Crippen LogP contribution in [-0.2, 0) is 11.3 Å². The Balaban J connectivity index is 2.02. The van der Waals surface area contributed by atoms with Gasteiger partial charge in [0.05, 0.1) is 5.92 Å². The van der Waals surface area contributed by atoms with E-state index in [9.17, 15) is 13.6 Å². The molecule has 5 heteroatoms. The number of carboxylic acid groups (broad SMARTS) is 1. The highest BCUT2D eigenvalue weighted by atomic mass is 19.3. The molecule has 1 aromatic rings. The Morgan fingerprint density at radius 2 is 2.21 bits per heavy atom. The first-order valence-corrected chi connectivity index (χ1v) is 6.29. The Morgan fingerprint density at radius 3 is 2.79 bits per heavy atom. The van der Waals surface area contributed by atoms with Crippen LogP contribution in [0.5, 0.6) is 0 Å². The first-order chi connectivity index (χ1) is 8.97. The fourth-order valence-electron chi connectivity index (χ4n) is 2.60. The van der Waals surface area contributed by atoms with E-state index in [0.717, 1.165) is 5.56 Å². The van der Waals surface area contributed by atoms with Crippen molar-refractivity contribution >= 4 is 5.97 Å². The summed E-state index contributed by atoms with van der Waals surface area (Å²) in [5.74, 6) is -1.05. The van der Waals surface area contributed by atoms with Crippen LogP contribution in [0.15, 0.2) is 24.3 Å². The molecule has 1 saturated heterocycles. The Hall–Kier alpha value is -1.49. The maximum atomic E-state index is 12.6. The highest BCUT2D eigenvalue weighted by Crippen LogP contribution is 2.26. The number of hydrogen-bond donors (Lipinski definition) is 1. The van der Waals surface area contributed by atoms with E-state index in [-0.39, 0.29) is 17.4 Å². The molecule has 19 heavy (non-hydrogen) atoms. The molecule has 0 spiro atoms. The van der Waals surface area contributed by atoms with Crippen molar-refractivity contribution in [1.29, 1.82) is 0 Å². The van der Waals surface area contributed by atoms with Gasteiger partial charge in [0.1, 0.15) is 0 Å². The second-order valence-corrected chi connectivity index (χ2v) is 5.16. The van der Waals surface area contributed by atoms with Crippen LogP contribution in [-0.4, -0.2) is 29.1 Å². The van der Waals surface area contributed by atoms with Crippen LogP contribution in [0.2, 0.25) is 0 Å². The smallest absolute Gasteiger partial charge is 0.308 e. The third-order valence-electron chi connectivity index (χ3n) is 3.61. The van der Waals surface area contributed by atoms with Crippen LogP contribution >= 0.6 is 0 Å². The van der Waals surface area contributed by atoms with Crippen molar-refractivity contribution in [2.45, 2.75) is 19.9 Å². The zero-order valence-electron chi connectivity index (χ0n) is 10.7. The van der Waals surface area contributed by atoms with Gasteiger partial charge in [0.2, 0.25) is 0 Å². The van der Waals surface area contributed by atoms with Crippen LogP contribution in [0.3, 0.4) is 0 Å². The summed E-state index contributed by atoms with van der Waals surface area (Å²) in [4.78, 5) is 13.0. The summed E-state index contributed by atoms with van der Waals surface area (Å²) in [6, 6.07) is 6.31. The molecule has 0 aromatic heterocycles. The van der Waals surface area contributed by atoms with Crippen molar-refractivity contribution in [3.8, 4) is 0 Å². The molecule has 0 unspecified atom stereocenters. The molecule has 2 rings (SSSR count). The number of alkyl halides is 2. The quantitative estimate of drug-likeness (QED) is 0.913. The summed E-state index contributed by atoms with van der Waals surface area (Å²) in [5.41, 5.74) is 0.815. The molecule has 0 aliphatic carbocycles. The third-order valence-corrected chi connectivity index (χ3v) is 3.61. The Morgan fingerprint density at radius 1 is 1.47 bits per heavy atom. The number of rotatable bonds is 4. The predicted octanol–water partition coefficient (Wildman–Crippen LogP) is 2.78. The van der Waals surface area contributed by atoms with Gasteiger partial charge in [-0.2, -0.15) is 0 Å². The van der Waals surface area contributed by atoms with E-state index < -0.39 is 12.4 Å². The fourth-order valence-corrected chi connectivity index (χ4v) is 2.60. The average Bonchev–Trinajstić information content (AvgIpc) is 2.70. The molecule has 0 bridgehead atoms. The standard InChI is InChI=1S/C14H17F2NO2/c1-9-6-17(8-12(9)14(18)19)7-10-3-2-4-11(5-10)13(15)16/h2-5,9,12-13H,6-8H2,1H3,(H,18,19)/t9-,12-/m1/s1. The summed E-state index contributed by atoms with van der Waals surface area (Å²) >= 11 is 0. The summed E-state index contributed by atoms with van der Waals surface area (Å²) < 4.78 is 25.2. The monoisotopic (exact) mass is 269 g/mol. The summed E-state index contributed by atoms with van der Waals surface area (Å²) in [5, 5.41) is 9.06. The van der Waals surface area contributed by atoms with Gasteiger partial charge in [-0.15, -0.1) is 0 Å². The number of aliphatic carboxylic acids is 1. The normalized spacial score (nSPS) is 24.0. The van der Waals surface area contributed by atoms with E-state index in [1.165, 1.54) is 12.1 Å². The Bertz CT molecular complexity index is 465. The topological polar surface area (TPSA) is 40.5 Å². The van der Waals surface area contributed by atoms with Crippen LogP contribution in [0.4, 0.5) is 8.78 Å². The van der Waals surface area contributed by atoms with E-state index in [0.29, 0.717) is 19.6 Å². The average molecular weight is 269 g/mol. The highest BCUT2D eigenvalue weighted by Gasteiger charge is 2.34. The van der Waals surface area contributed by atoms with Crippen molar-refractivity contribution in [3.05, 3.63) is 35.4 Å². The van der Waals surface area contributed by atoms with Crippen LogP contribution in [0.25, 0.3) is 0 Å². The molecule has 1 aliphatic rings. The van der Waals surface area contributed by atoms with Gasteiger partial charge in [0, 0.05) is 25.2 Å². The lowest BCUT2D eigenvalue weighted by Crippen LogP contribution is -2.23. The number of carbonyl (C=O) groups is 1. The molecule has 0 amide bonds. The van der Waals surface area contributed by atoms with Gasteiger partial charge in [-0.25, -0.2) is 8.78 Å². The molecule has 0 radical (unpaired) electrons. The van der Waals surface area contributed by atoms with Gasteiger partial charge in [-0.1, -0.05) is 25.1 Å². The zero-order chi connectivity index (χ0) is 14.0. The van der Waals surface area contributed by atoms with Crippen molar-refractivity contribution in [3.63, 3.8) is 0 Å². The zero-order valence-corrected chi connectivity index (χ0v) is 10.7. The molecule has 3 nitrogen and oxygen atoms in total. The molecular weight excluding hydrogens is 252 g/mol. The molecule has 104 valence electrons. The first-order valence-electron chi connectivity index (χ1n) is 6.29. The maximum Gasteiger partial charge on any atom is 0.308 e. The molecule has 1 aliphatic heterocycles. The van der Waals surface area contributed by atoms with Gasteiger partial charge in [0.25, 0.3) is 6.43 Å². The summed E-state index contributed by atoms with van der Waals surface area (Å²) in [7, 11) is 0. The summed E-state index contributed by atoms with van der Waals surface area (Å²) in [6.07, 6.45) is -2.47. The minimum atomic E-state index is -2.47. The highest BCUT2D eigenvalue weighted by molar-refractivity contribution is 5.71. The minimum absolute atomic E-state index is 0.0135. The number of nitrogens with zero attached hydrogens (tertiary/aromatic N) is 1. The fraction of sp³-hybridized carbons (Fsp3) is 0.500. The van der Waals surface area contributed by atoms with E-state index in [4.69, 9.17) is 5.11 Å². The van der Waals surface area contributed by atoms with Crippen molar-refractivity contribution < 1.29 is 18.7 Å². The third kappa shape index (κ3) is 3.29. The molecule has 1 aromatic carbocycles. The van der Waals surface area contributed by atoms with E-state index in [2.05, 4.69) is 0 Å². The van der Waals surface area contributed by atoms with Crippen LogP contribution < -0.4 is 0 Å². The lowest BCUT2D eigenvalue weighted by Gasteiger charge is -2.15. The molecular formula is C14H17F2NO2. The first kappa shape index (κ1) is 13.9. The lowest BCUT2D eigenvalue weighted by molar-refractivity contribution is -0.142. The van der Waals surface area contributed by atoms with Gasteiger partial charge < -0.3 is 5.11 Å². The van der Waals surface area contributed by atoms with Gasteiger partial charge in [-0.05, 0) is 17.5 Å². The predicted molar refractivity (Wildman–Crippen MR) is 67.0 cm³/mol. The number of halogens is 2. The van der Waals surface area contributed by atoms with E-state index >= 15 is 0 Å². The molecule has 1 fully saturated rings. The lowest BCUT2D eigenvalue weighted by atomic mass is 9.99. The van der Waals surface area contributed by atoms with E-state index in [1.54, 1.807) is 12.1 Å². The van der Waals surface area contributed by atoms with Gasteiger partial charge >= 0.3 is 5.97 Å². The SMILES string of the molecule is C[C@@H]1CN(Cc2cccc(C(F)F)c2)C[C@H]1C(=O)O. The Labute approximate surface area is 110 Å². The van der Waals surface area contributed by atoms with E-state index in [1.807, 2.05) is 11.8 Å². The maximum absolute atomic E-state index is 12.6. The van der Waals surface area contributed by atoms with Gasteiger partial charge in [0.15, 0.2) is 0 Å². The van der Waals surface area contributed by atoms with Crippen molar-refractivity contribution in [2.24, 2.45) is 11.8 Å². The number of likely N-dealkylation sites (tertiary alicyclic amines) is 1. The van der Waals surface area contributed by atoms with Crippen LogP contribution in [0, 0.1) is 11.8 Å². The number of carboxylic acids is 1. The second kappa shape index (κ2) is 5.65. The Kier molecular flexibility index (Phi) is 4.14. The number of hydrogen-bond acceptors (Lipinski definition) is 2. The molecule has 0 saturated carbocycles. The molecule has 1 heterocycles. The number of benzene rings is 1. The summed E-state index contributed by atoms with van der Waals surface area (Å²) in [6.45, 7) is 3.61. The van der Waals surface area contributed by atoms with Crippen molar-refractivity contribution in [2.75, 3.05) is 13.1 Å². The van der Waals surface area contributed by atoms with Crippen molar-refractivity contribution in [1.82, 2.24) is 4.90 Å².